The molecule has 1 aliphatic rings. The second kappa shape index (κ2) is 4.84. The Hall–Kier alpha value is -0.770. The third-order valence-corrected chi connectivity index (χ3v) is 3.29. The molecule has 1 fully saturated rings. The molecule has 1 unspecified atom stereocenters. The molecule has 3 nitrogen and oxygen atoms in total. The molecule has 0 heterocycles. The fourth-order valence-corrected chi connectivity index (χ4v) is 2.00. The summed E-state index contributed by atoms with van der Waals surface area (Å²) in [5, 5.41) is 14.4. The molecule has 0 spiro atoms. The predicted molar refractivity (Wildman–Crippen MR) is 68.6 cm³/mol. The van der Waals surface area contributed by atoms with Gasteiger partial charge in [-0.1, -0.05) is 11.6 Å². The van der Waals surface area contributed by atoms with E-state index in [0.29, 0.717) is 23.4 Å². The number of halogens is 1. The van der Waals surface area contributed by atoms with Crippen molar-refractivity contribution in [3.8, 4) is 5.75 Å². The number of ether oxygens (including phenoxy) is 1. The first-order chi connectivity index (χ1) is 8.03. The molecule has 4 heteroatoms. The molecule has 1 aromatic rings. The van der Waals surface area contributed by atoms with E-state index in [1.165, 1.54) is 12.8 Å². The van der Waals surface area contributed by atoms with Crippen LogP contribution < -0.4 is 10.1 Å². The van der Waals surface area contributed by atoms with Crippen LogP contribution in [0.1, 0.15) is 25.3 Å². The minimum absolute atomic E-state index is 0.508. The van der Waals surface area contributed by atoms with Crippen LogP contribution in [0.4, 0.5) is 0 Å². The summed E-state index contributed by atoms with van der Waals surface area (Å²) in [7, 11) is 1.59. The van der Waals surface area contributed by atoms with Crippen LogP contribution in [0.2, 0.25) is 5.02 Å². The summed E-state index contributed by atoms with van der Waals surface area (Å²) in [6, 6.07) is 5.86. The second-order valence-corrected chi connectivity index (χ2v) is 5.21. The van der Waals surface area contributed by atoms with Gasteiger partial charge in [-0.15, -0.1) is 0 Å². The van der Waals surface area contributed by atoms with Crippen LogP contribution in [0.5, 0.6) is 5.75 Å². The molecule has 94 valence electrons. The molecule has 2 N–H and O–H groups in total. The topological polar surface area (TPSA) is 41.5 Å². The minimum atomic E-state index is -0.973. The number of hydrogen-bond donors (Lipinski definition) is 2. The Kier molecular flexibility index (Phi) is 3.61. The molecule has 1 aliphatic carbocycles. The lowest BCUT2D eigenvalue weighted by Crippen LogP contribution is -2.36. The van der Waals surface area contributed by atoms with Crippen LogP contribution in [-0.4, -0.2) is 24.8 Å². The van der Waals surface area contributed by atoms with E-state index in [0.717, 1.165) is 5.56 Å². The van der Waals surface area contributed by atoms with Gasteiger partial charge in [0.1, 0.15) is 11.4 Å². The maximum atomic E-state index is 10.5. The van der Waals surface area contributed by atoms with Crippen molar-refractivity contribution in [2.45, 2.75) is 31.4 Å². The molecule has 1 atom stereocenters. The Morgan fingerprint density at radius 3 is 2.82 bits per heavy atom. The summed E-state index contributed by atoms with van der Waals surface area (Å²) in [5.41, 5.74) is -0.251. The zero-order chi connectivity index (χ0) is 12.5. The Balaban J connectivity index is 2.19. The largest absolute Gasteiger partial charge is 0.496 e. The van der Waals surface area contributed by atoms with Crippen molar-refractivity contribution in [2.24, 2.45) is 0 Å². The summed E-state index contributed by atoms with van der Waals surface area (Å²) in [4.78, 5) is 0. The van der Waals surface area contributed by atoms with Crippen molar-refractivity contribution in [1.29, 1.82) is 0 Å². The van der Waals surface area contributed by atoms with Crippen LogP contribution in [0.25, 0.3) is 0 Å². The summed E-state index contributed by atoms with van der Waals surface area (Å²) in [5.74, 6) is 0.664. The highest BCUT2D eigenvalue weighted by Crippen LogP contribution is 2.32. The number of nitrogens with one attached hydrogen (secondary N) is 1. The molecule has 17 heavy (non-hydrogen) atoms. The van der Waals surface area contributed by atoms with Crippen LogP contribution >= 0.6 is 11.6 Å². The van der Waals surface area contributed by atoms with E-state index in [1.54, 1.807) is 32.2 Å². The van der Waals surface area contributed by atoms with Gasteiger partial charge in [-0.25, -0.2) is 0 Å². The lowest BCUT2D eigenvalue weighted by atomic mass is 9.95. The van der Waals surface area contributed by atoms with E-state index in [-0.39, 0.29) is 0 Å². The van der Waals surface area contributed by atoms with E-state index in [4.69, 9.17) is 16.3 Å². The SMILES string of the molecule is COc1ccc(Cl)cc1C(C)(O)CNC1CC1. The van der Waals surface area contributed by atoms with Gasteiger partial charge in [-0.05, 0) is 38.0 Å². The maximum Gasteiger partial charge on any atom is 0.125 e. The molecule has 1 aromatic carbocycles. The number of aliphatic hydroxyl groups is 1. The molecule has 0 saturated heterocycles. The Bertz CT molecular complexity index is 402. The molecule has 0 radical (unpaired) electrons. The fourth-order valence-electron chi connectivity index (χ4n) is 1.83. The maximum absolute atomic E-state index is 10.5. The average Bonchev–Trinajstić information content (AvgIpc) is 3.10. The van der Waals surface area contributed by atoms with Gasteiger partial charge in [0.2, 0.25) is 0 Å². The van der Waals surface area contributed by atoms with E-state index in [1.807, 2.05) is 0 Å². The van der Waals surface area contributed by atoms with Gasteiger partial charge in [-0.3, -0.25) is 0 Å². The highest BCUT2D eigenvalue weighted by molar-refractivity contribution is 6.30. The van der Waals surface area contributed by atoms with E-state index >= 15 is 0 Å². The van der Waals surface area contributed by atoms with Crippen molar-refractivity contribution >= 4 is 11.6 Å². The van der Waals surface area contributed by atoms with Gasteiger partial charge in [0.05, 0.1) is 7.11 Å². The number of methoxy groups -OCH3 is 1. The molecule has 0 aliphatic heterocycles. The normalized spacial score (nSPS) is 18.8. The number of hydrogen-bond acceptors (Lipinski definition) is 3. The Labute approximate surface area is 107 Å². The first-order valence-corrected chi connectivity index (χ1v) is 6.20. The Morgan fingerprint density at radius 1 is 1.53 bits per heavy atom. The molecule has 2 rings (SSSR count). The standard InChI is InChI=1S/C13H18ClNO2/c1-13(16,8-15-10-4-5-10)11-7-9(14)3-6-12(11)17-2/h3,6-7,10,15-16H,4-5,8H2,1-2H3. The fraction of sp³-hybridized carbons (Fsp3) is 0.538. The van der Waals surface area contributed by atoms with Crippen molar-refractivity contribution < 1.29 is 9.84 Å². The van der Waals surface area contributed by atoms with Crippen molar-refractivity contribution in [2.75, 3.05) is 13.7 Å². The van der Waals surface area contributed by atoms with E-state index < -0.39 is 5.60 Å². The van der Waals surface area contributed by atoms with Gasteiger partial charge < -0.3 is 15.2 Å². The minimum Gasteiger partial charge on any atom is -0.496 e. The van der Waals surface area contributed by atoms with Gasteiger partial charge in [0, 0.05) is 23.2 Å². The van der Waals surface area contributed by atoms with Gasteiger partial charge >= 0.3 is 0 Å². The quantitative estimate of drug-likeness (QED) is 0.849. The van der Waals surface area contributed by atoms with Gasteiger partial charge in [-0.2, -0.15) is 0 Å². The van der Waals surface area contributed by atoms with E-state index in [2.05, 4.69) is 5.32 Å². The van der Waals surface area contributed by atoms with Crippen molar-refractivity contribution in [3.05, 3.63) is 28.8 Å². The highest BCUT2D eigenvalue weighted by Gasteiger charge is 2.30. The Morgan fingerprint density at radius 2 is 2.24 bits per heavy atom. The molecular weight excluding hydrogens is 238 g/mol. The average molecular weight is 256 g/mol. The monoisotopic (exact) mass is 255 g/mol. The first-order valence-electron chi connectivity index (χ1n) is 5.83. The third kappa shape index (κ3) is 3.12. The third-order valence-electron chi connectivity index (χ3n) is 3.05. The molecule has 1 saturated carbocycles. The summed E-state index contributed by atoms with van der Waals surface area (Å²) in [6.07, 6.45) is 2.39. The van der Waals surface area contributed by atoms with E-state index in [9.17, 15) is 5.11 Å². The van der Waals surface area contributed by atoms with Crippen LogP contribution in [0.3, 0.4) is 0 Å². The van der Waals surface area contributed by atoms with Crippen LogP contribution in [0.15, 0.2) is 18.2 Å². The van der Waals surface area contributed by atoms with Crippen molar-refractivity contribution in [1.82, 2.24) is 5.32 Å². The lowest BCUT2D eigenvalue weighted by molar-refractivity contribution is 0.0540. The zero-order valence-corrected chi connectivity index (χ0v) is 10.9. The molecule has 0 aromatic heterocycles. The lowest BCUT2D eigenvalue weighted by Gasteiger charge is -2.26. The smallest absolute Gasteiger partial charge is 0.125 e. The zero-order valence-electron chi connectivity index (χ0n) is 10.2. The van der Waals surface area contributed by atoms with Crippen molar-refractivity contribution in [3.63, 3.8) is 0 Å². The molecular formula is C13H18ClNO2. The first kappa shape index (κ1) is 12.7. The summed E-state index contributed by atoms with van der Waals surface area (Å²) in [6.45, 7) is 2.28. The molecule has 0 amide bonds. The summed E-state index contributed by atoms with van der Waals surface area (Å²) < 4.78 is 5.26. The van der Waals surface area contributed by atoms with Gasteiger partial charge in [0.25, 0.3) is 0 Å². The highest BCUT2D eigenvalue weighted by atomic mass is 35.5. The number of rotatable bonds is 5. The number of benzene rings is 1. The van der Waals surface area contributed by atoms with Crippen LogP contribution in [-0.2, 0) is 5.60 Å². The predicted octanol–water partition coefficient (Wildman–Crippen LogP) is 2.31. The summed E-state index contributed by atoms with van der Waals surface area (Å²) >= 11 is 5.97. The van der Waals surface area contributed by atoms with Gasteiger partial charge in [0.15, 0.2) is 0 Å². The second-order valence-electron chi connectivity index (χ2n) is 4.77. The molecule has 0 bridgehead atoms. The van der Waals surface area contributed by atoms with Crippen LogP contribution in [0, 0.1) is 0 Å².